The second kappa shape index (κ2) is 7.90. The van der Waals surface area contributed by atoms with Gasteiger partial charge in [-0.1, -0.05) is 25.4 Å². The SMILES string of the molecule is CC(C)C(CC(=O)N(C)c1cn(-c2cccnc2)nc1Cl)S(C)=O. The first kappa shape index (κ1) is 18.6. The average molecular weight is 369 g/mol. The molecule has 0 aliphatic heterocycles. The summed E-state index contributed by atoms with van der Waals surface area (Å²) < 4.78 is 13.4. The molecule has 0 aromatic carbocycles. The lowest BCUT2D eigenvalue weighted by Crippen LogP contribution is -2.33. The molecule has 24 heavy (non-hydrogen) atoms. The lowest BCUT2D eigenvalue weighted by atomic mass is 10.1. The van der Waals surface area contributed by atoms with Crippen LogP contribution in [0.3, 0.4) is 0 Å². The van der Waals surface area contributed by atoms with Crippen LogP contribution in [0.5, 0.6) is 0 Å². The minimum absolute atomic E-state index is 0.142. The van der Waals surface area contributed by atoms with E-state index in [0.717, 1.165) is 5.69 Å². The van der Waals surface area contributed by atoms with E-state index in [2.05, 4.69) is 10.1 Å². The van der Waals surface area contributed by atoms with Gasteiger partial charge >= 0.3 is 0 Å². The molecular weight excluding hydrogens is 348 g/mol. The van der Waals surface area contributed by atoms with Gasteiger partial charge in [0.2, 0.25) is 5.91 Å². The van der Waals surface area contributed by atoms with Crippen LogP contribution >= 0.6 is 11.6 Å². The maximum absolute atomic E-state index is 12.5. The number of anilines is 1. The first-order valence-corrected chi connectivity index (χ1v) is 9.55. The summed E-state index contributed by atoms with van der Waals surface area (Å²) in [6, 6.07) is 3.64. The molecule has 2 rings (SSSR count). The van der Waals surface area contributed by atoms with E-state index in [-0.39, 0.29) is 28.6 Å². The quantitative estimate of drug-likeness (QED) is 0.786. The van der Waals surface area contributed by atoms with Crippen molar-refractivity contribution >= 4 is 34.0 Å². The molecule has 2 heterocycles. The van der Waals surface area contributed by atoms with E-state index in [1.807, 2.05) is 19.9 Å². The Labute approximate surface area is 149 Å². The van der Waals surface area contributed by atoms with E-state index >= 15 is 0 Å². The highest BCUT2D eigenvalue weighted by Gasteiger charge is 2.25. The van der Waals surface area contributed by atoms with Crippen molar-refractivity contribution in [2.75, 3.05) is 18.2 Å². The molecule has 0 spiro atoms. The smallest absolute Gasteiger partial charge is 0.228 e. The number of carbonyl (C=O) groups excluding carboxylic acids is 1. The third-order valence-corrected chi connectivity index (χ3v) is 5.68. The van der Waals surface area contributed by atoms with Crippen LogP contribution in [0.4, 0.5) is 5.69 Å². The van der Waals surface area contributed by atoms with E-state index in [1.165, 1.54) is 4.90 Å². The second-order valence-corrected chi connectivity index (χ2v) is 7.86. The predicted molar refractivity (Wildman–Crippen MR) is 97.1 cm³/mol. The normalized spacial score (nSPS) is 13.8. The summed E-state index contributed by atoms with van der Waals surface area (Å²) in [5.74, 6) is 0.0123. The maximum atomic E-state index is 12.5. The van der Waals surface area contributed by atoms with Gasteiger partial charge in [0.1, 0.15) is 5.69 Å². The van der Waals surface area contributed by atoms with Gasteiger partial charge in [-0.15, -0.1) is 0 Å². The van der Waals surface area contributed by atoms with Gasteiger partial charge in [-0.3, -0.25) is 14.0 Å². The number of pyridine rings is 1. The zero-order valence-electron chi connectivity index (χ0n) is 14.1. The average Bonchev–Trinajstić information content (AvgIpc) is 2.93. The molecule has 2 aromatic heterocycles. The molecule has 0 saturated carbocycles. The molecule has 0 bridgehead atoms. The van der Waals surface area contributed by atoms with Crippen molar-refractivity contribution in [3.63, 3.8) is 0 Å². The fraction of sp³-hybridized carbons (Fsp3) is 0.438. The van der Waals surface area contributed by atoms with Gasteiger partial charge in [0, 0.05) is 42.0 Å². The molecule has 130 valence electrons. The number of amides is 1. The Kier molecular flexibility index (Phi) is 6.12. The zero-order valence-corrected chi connectivity index (χ0v) is 15.7. The van der Waals surface area contributed by atoms with Crippen LogP contribution < -0.4 is 4.90 Å². The molecule has 0 N–H and O–H groups in total. The van der Waals surface area contributed by atoms with Crippen molar-refractivity contribution in [3.8, 4) is 5.69 Å². The molecule has 0 radical (unpaired) electrons. The number of nitrogens with zero attached hydrogens (tertiary/aromatic N) is 4. The number of aromatic nitrogens is 3. The Morgan fingerprint density at radius 1 is 1.46 bits per heavy atom. The Morgan fingerprint density at radius 2 is 2.17 bits per heavy atom. The molecule has 6 nitrogen and oxygen atoms in total. The summed E-state index contributed by atoms with van der Waals surface area (Å²) in [5, 5.41) is 4.26. The molecule has 2 unspecified atom stereocenters. The van der Waals surface area contributed by atoms with Gasteiger partial charge in [0.05, 0.1) is 18.1 Å². The van der Waals surface area contributed by atoms with Crippen LogP contribution in [0.25, 0.3) is 5.69 Å². The number of hydrogen-bond donors (Lipinski definition) is 0. The summed E-state index contributed by atoms with van der Waals surface area (Å²) in [4.78, 5) is 18.0. The first-order chi connectivity index (χ1) is 11.3. The van der Waals surface area contributed by atoms with Crippen molar-refractivity contribution in [3.05, 3.63) is 35.9 Å². The standard InChI is InChI=1S/C16H21ClN4O2S/c1-11(2)14(24(4)23)8-15(22)20(3)13-10-21(19-16(13)17)12-6-5-7-18-9-12/h5-7,9-11,14H,8H2,1-4H3. The fourth-order valence-electron chi connectivity index (χ4n) is 2.37. The fourth-order valence-corrected chi connectivity index (χ4v) is 3.77. The van der Waals surface area contributed by atoms with Crippen molar-refractivity contribution in [2.45, 2.75) is 25.5 Å². The molecule has 1 amide bonds. The Morgan fingerprint density at radius 3 is 2.71 bits per heavy atom. The van der Waals surface area contributed by atoms with Crippen molar-refractivity contribution in [2.24, 2.45) is 5.92 Å². The van der Waals surface area contributed by atoms with Gasteiger partial charge in [-0.2, -0.15) is 5.10 Å². The first-order valence-electron chi connectivity index (χ1n) is 7.55. The summed E-state index contributed by atoms with van der Waals surface area (Å²) in [7, 11) is 0.581. The number of carbonyl (C=O) groups is 1. The predicted octanol–water partition coefficient (Wildman–Crippen LogP) is 2.68. The van der Waals surface area contributed by atoms with Gasteiger partial charge in [0.15, 0.2) is 5.15 Å². The zero-order chi connectivity index (χ0) is 17.9. The lowest BCUT2D eigenvalue weighted by molar-refractivity contribution is -0.118. The molecular formula is C16H21ClN4O2S. The van der Waals surface area contributed by atoms with Crippen molar-refractivity contribution in [1.29, 1.82) is 0 Å². The highest BCUT2D eigenvalue weighted by Crippen LogP contribution is 2.26. The molecule has 2 aromatic rings. The summed E-state index contributed by atoms with van der Waals surface area (Å²) in [6.07, 6.45) is 6.84. The van der Waals surface area contributed by atoms with Gasteiger partial charge < -0.3 is 4.90 Å². The van der Waals surface area contributed by atoms with Gasteiger partial charge in [0.25, 0.3) is 0 Å². The van der Waals surface area contributed by atoms with Crippen LogP contribution in [-0.4, -0.2) is 43.4 Å². The number of halogens is 1. The monoisotopic (exact) mass is 368 g/mol. The maximum Gasteiger partial charge on any atom is 0.228 e. The minimum atomic E-state index is -1.07. The van der Waals surface area contributed by atoms with Crippen molar-refractivity contribution < 1.29 is 9.00 Å². The van der Waals surface area contributed by atoms with Crippen LogP contribution in [0.15, 0.2) is 30.7 Å². The Bertz CT molecular complexity index is 733. The topological polar surface area (TPSA) is 68.1 Å². The largest absolute Gasteiger partial charge is 0.311 e. The van der Waals surface area contributed by atoms with Crippen LogP contribution in [-0.2, 0) is 15.6 Å². The van der Waals surface area contributed by atoms with E-state index < -0.39 is 10.8 Å². The van der Waals surface area contributed by atoms with Crippen molar-refractivity contribution in [1.82, 2.24) is 14.8 Å². The Hall–Kier alpha value is -1.73. The number of hydrogen-bond acceptors (Lipinski definition) is 4. The van der Waals surface area contributed by atoms with Crippen LogP contribution in [0, 0.1) is 5.92 Å². The highest BCUT2D eigenvalue weighted by molar-refractivity contribution is 7.84. The van der Waals surface area contributed by atoms with E-state index in [1.54, 1.807) is 42.6 Å². The van der Waals surface area contributed by atoms with E-state index in [4.69, 9.17) is 11.6 Å². The molecule has 2 atom stereocenters. The van der Waals surface area contributed by atoms with Crippen LogP contribution in [0.2, 0.25) is 5.15 Å². The Balaban J connectivity index is 2.20. The molecule has 0 saturated heterocycles. The highest BCUT2D eigenvalue weighted by atomic mass is 35.5. The van der Waals surface area contributed by atoms with E-state index in [0.29, 0.717) is 5.69 Å². The van der Waals surface area contributed by atoms with E-state index in [9.17, 15) is 9.00 Å². The lowest BCUT2D eigenvalue weighted by Gasteiger charge is -2.21. The van der Waals surface area contributed by atoms with Crippen LogP contribution in [0.1, 0.15) is 20.3 Å². The summed E-state index contributed by atoms with van der Waals surface area (Å²) in [5.41, 5.74) is 1.26. The summed E-state index contributed by atoms with van der Waals surface area (Å²) >= 11 is 6.19. The number of rotatable bonds is 6. The third kappa shape index (κ3) is 4.21. The second-order valence-electron chi connectivity index (χ2n) is 5.90. The third-order valence-electron chi connectivity index (χ3n) is 3.84. The van der Waals surface area contributed by atoms with Gasteiger partial charge in [-0.05, 0) is 18.1 Å². The van der Waals surface area contributed by atoms with Gasteiger partial charge in [-0.25, -0.2) is 4.68 Å². The molecule has 0 fully saturated rings. The molecule has 8 heteroatoms. The summed E-state index contributed by atoms with van der Waals surface area (Å²) in [6.45, 7) is 3.93. The molecule has 0 aliphatic carbocycles. The minimum Gasteiger partial charge on any atom is -0.311 e. The molecule has 0 aliphatic rings.